The summed E-state index contributed by atoms with van der Waals surface area (Å²) in [5, 5.41) is 0. The van der Waals surface area contributed by atoms with Crippen LogP contribution in [0.4, 0.5) is 0 Å². The van der Waals surface area contributed by atoms with Gasteiger partial charge < -0.3 is 4.98 Å². The first-order chi connectivity index (χ1) is 7.91. The van der Waals surface area contributed by atoms with Crippen molar-refractivity contribution in [2.24, 2.45) is 0 Å². The number of aryl methyl sites for hydroxylation is 1. The molecule has 1 aromatic rings. The van der Waals surface area contributed by atoms with Gasteiger partial charge >= 0.3 is 4.87 Å². The number of H-pyrrole nitrogens is 1. The normalized spacial score (nSPS) is 19.6. The van der Waals surface area contributed by atoms with Crippen LogP contribution in [0.3, 0.4) is 0 Å². The summed E-state index contributed by atoms with van der Waals surface area (Å²) in [6.45, 7) is 2.06. The molecule has 0 bridgehead atoms. The quantitative estimate of drug-likeness (QED) is 0.797. The minimum Gasteiger partial charge on any atom is -0.315 e. The third-order valence-corrected chi connectivity index (χ3v) is 7.25. The van der Waals surface area contributed by atoms with E-state index in [1.54, 1.807) is 6.92 Å². The number of hydrogen-bond acceptors (Lipinski definition) is 5. The van der Waals surface area contributed by atoms with Gasteiger partial charge in [0.1, 0.15) is 0 Å². The molecule has 2 heterocycles. The largest absolute Gasteiger partial charge is 0.315 e. The summed E-state index contributed by atoms with van der Waals surface area (Å²) in [4.78, 5) is 13.2. The predicted octanol–water partition coefficient (Wildman–Crippen LogP) is -0.502. The molecule has 2 rings (SSSR count). The van der Waals surface area contributed by atoms with Crippen LogP contribution in [0.25, 0.3) is 0 Å². The van der Waals surface area contributed by atoms with E-state index in [0.29, 0.717) is 28.5 Å². The Hall–Kier alpha value is -0.510. The molecule has 1 aromatic heterocycles. The van der Waals surface area contributed by atoms with Crippen LogP contribution in [-0.2, 0) is 20.8 Å². The number of nitrogens with one attached hydrogen (secondary N) is 1. The van der Waals surface area contributed by atoms with Crippen LogP contribution in [-0.4, -0.2) is 46.5 Å². The molecular weight excluding hydrogens is 284 g/mol. The Morgan fingerprint density at radius 1 is 1.35 bits per heavy atom. The smallest absolute Gasteiger partial charge is 0.305 e. The molecule has 1 aliphatic heterocycles. The van der Waals surface area contributed by atoms with Crippen LogP contribution in [0.5, 0.6) is 0 Å². The molecular formula is C8H12N2O4S3. The lowest BCUT2D eigenvalue weighted by Crippen LogP contribution is -2.41. The van der Waals surface area contributed by atoms with E-state index in [1.165, 1.54) is 4.31 Å². The Morgan fingerprint density at radius 3 is 2.41 bits per heavy atom. The van der Waals surface area contributed by atoms with Crippen LogP contribution >= 0.6 is 11.3 Å². The summed E-state index contributed by atoms with van der Waals surface area (Å²) >= 11 is 0.699. The van der Waals surface area contributed by atoms with Crippen LogP contribution in [0.1, 0.15) is 5.69 Å². The number of sulfonamides is 1. The van der Waals surface area contributed by atoms with E-state index < -0.39 is 20.8 Å². The van der Waals surface area contributed by atoms with Gasteiger partial charge in [-0.1, -0.05) is 11.3 Å². The molecule has 1 fully saturated rings. The third kappa shape index (κ3) is 2.51. The average Bonchev–Trinajstić information content (AvgIpc) is 2.59. The van der Waals surface area contributed by atoms with Crippen molar-refractivity contribution < 1.29 is 12.6 Å². The van der Waals surface area contributed by atoms with E-state index >= 15 is 0 Å². The first kappa shape index (κ1) is 12.9. The maximum absolute atomic E-state index is 12.2. The molecule has 17 heavy (non-hydrogen) atoms. The number of aromatic amines is 1. The molecule has 96 valence electrons. The van der Waals surface area contributed by atoms with Gasteiger partial charge in [-0.15, -0.1) is 0 Å². The highest BCUT2D eigenvalue weighted by atomic mass is 32.2. The molecule has 0 amide bonds. The molecule has 1 aliphatic rings. The monoisotopic (exact) mass is 296 g/mol. The van der Waals surface area contributed by atoms with Crippen molar-refractivity contribution in [3.05, 3.63) is 15.4 Å². The van der Waals surface area contributed by atoms with Crippen molar-refractivity contribution in [2.75, 3.05) is 24.6 Å². The maximum Gasteiger partial charge on any atom is 0.305 e. The van der Waals surface area contributed by atoms with Crippen LogP contribution < -0.4 is 4.87 Å². The van der Waals surface area contributed by atoms with E-state index in [4.69, 9.17) is 0 Å². The minimum atomic E-state index is -3.61. The molecule has 0 spiro atoms. The summed E-state index contributed by atoms with van der Waals surface area (Å²) in [6.07, 6.45) is 0. The first-order valence-electron chi connectivity index (χ1n) is 4.96. The number of hydrogen-bond donors (Lipinski definition) is 1. The predicted molar refractivity (Wildman–Crippen MR) is 66.3 cm³/mol. The van der Waals surface area contributed by atoms with Crippen molar-refractivity contribution in [1.82, 2.24) is 9.29 Å². The maximum atomic E-state index is 12.2. The van der Waals surface area contributed by atoms with Gasteiger partial charge in [0, 0.05) is 41.1 Å². The van der Waals surface area contributed by atoms with E-state index in [9.17, 15) is 17.4 Å². The molecule has 0 aliphatic carbocycles. The van der Waals surface area contributed by atoms with E-state index in [2.05, 4.69) is 4.98 Å². The van der Waals surface area contributed by atoms with E-state index in [-0.39, 0.29) is 22.2 Å². The Kier molecular flexibility index (Phi) is 3.53. The average molecular weight is 296 g/mol. The Morgan fingerprint density at radius 2 is 1.94 bits per heavy atom. The number of thiazole rings is 1. The van der Waals surface area contributed by atoms with Crippen molar-refractivity contribution in [1.29, 1.82) is 0 Å². The zero-order chi connectivity index (χ0) is 12.6. The van der Waals surface area contributed by atoms with Gasteiger partial charge in [0.25, 0.3) is 10.0 Å². The number of aromatic nitrogens is 1. The highest BCUT2D eigenvalue weighted by molar-refractivity contribution is 7.91. The van der Waals surface area contributed by atoms with Gasteiger partial charge in [0.05, 0.1) is 0 Å². The first-order valence-corrected chi connectivity index (χ1v) is 8.70. The fraction of sp³-hybridized carbons (Fsp3) is 0.625. The summed E-state index contributed by atoms with van der Waals surface area (Å²) in [6, 6.07) is 0. The zero-order valence-corrected chi connectivity index (χ0v) is 11.6. The van der Waals surface area contributed by atoms with E-state index in [1.807, 2.05) is 0 Å². The SMILES string of the molecule is Cc1[nH]c(=O)sc1S(=O)(=O)N1CCS(=O)CC1. The summed E-state index contributed by atoms with van der Waals surface area (Å²) in [5.41, 5.74) is 0.367. The van der Waals surface area contributed by atoms with Gasteiger partial charge in [0.2, 0.25) is 0 Å². The van der Waals surface area contributed by atoms with Gasteiger partial charge in [-0.25, -0.2) is 8.42 Å². The zero-order valence-electron chi connectivity index (χ0n) is 9.13. The lowest BCUT2D eigenvalue weighted by atomic mass is 10.6. The van der Waals surface area contributed by atoms with Gasteiger partial charge in [-0.3, -0.25) is 9.00 Å². The Bertz CT molecular complexity index is 591. The van der Waals surface area contributed by atoms with Crippen LogP contribution in [0.15, 0.2) is 9.00 Å². The lowest BCUT2D eigenvalue weighted by molar-refractivity contribution is 0.439. The van der Waals surface area contributed by atoms with E-state index in [0.717, 1.165) is 0 Å². The second-order valence-electron chi connectivity index (χ2n) is 3.68. The molecule has 1 saturated heterocycles. The van der Waals surface area contributed by atoms with Gasteiger partial charge in [-0.2, -0.15) is 4.31 Å². The molecule has 0 unspecified atom stereocenters. The highest BCUT2D eigenvalue weighted by Gasteiger charge is 2.31. The summed E-state index contributed by atoms with van der Waals surface area (Å²) in [5.74, 6) is 0.717. The van der Waals surface area contributed by atoms with Crippen LogP contribution in [0, 0.1) is 6.92 Å². The fourth-order valence-electron chi connectivity index (χ4n) is 1.62. The number of rotatable bonds is 2. The Balaban J connectivity index is 2.34. The van der Waals surface area contributed by atoms with Gasteiger partial charge in [-0.05, 0) is 6.92 Å². The molecule has 0 atom stereocenters. The lowest BCUT2D eigenvalue weighted by Gasteiger charge is -2.24. The van der Waals surface area contributed by atoms with Crippen LogP contribution in [0.2, 0.25) is 0 Å². The summed E-state index contributed by atoms with van der Waals surface area (Å²) < 4.78 is 36.9. The second kappa shape index (κ2) is 4.63. The van der Waals surface area contributed by atoms with Gasteiger partial charge in [0.15, 0.2) is 4.21 Å². The molecule has 9 heteroatoms. The van der Waals surface area contributed by atoms with Crippen molar-refractivity contribution in [3.8, 4) is 0 Å². The highest BCUT2D eigenvalue weighted by Crippen LogP contribution is 2.22. The minimum absolute atomic E-state index is 0.0650. The Labute approximate surface area is 105 Å². The third-order valence-electron chi connectivity index (χ3n) is 2.49. The summed E-state index contributed by atoms with van der Waals surface area (Å²) in [7, 11) is -4.53. The molecule has 1 N–H and O–H groups in total. The number of nitrogens with zero attached hydrogens (tertiary/aromatic N) is 1. The molecule has 6 nitrogen and oxygen atoms in total. The standard InChI is InChI=1S/C8H12N2O4S3/c1-6-7(15-8(11)9-6)17(13,14)10-2-4-16(12)5-3-10/h2-5H2,1H3,(H,9,11). The topological polar surface area (TPSA) is 87.3 Å². The molecule has 0 saturated carbocycles. The molecule has 0 aromatic carbocycles. The molecule has 0 radical (unpaired) electrons. The second-order valence-corrected chi connectivity index (χ2v) is 8.49. The van der Waals surface area contributed by atoms with Crippen molar-refractivity contribution in [2.45, 2.75) is 11.1 Å². The fourth-order valence-corrected chi connectivity index (χ4v) is 5.78. The van der Waals surface area contributed by atoms with Crippen molar-refractivity contribution >= 4 is 32.2 Å². The van der Waals surface area contributed by atoms with Crippen molar-refractivity contribution in [3.63, 3.8) is 0 Å².